The lowest BCUT2D eigenvalue weighted by Gasteiger charge is -2.35. The first-order valence-electron chi connectivity index (χ1n) is 16.5. The molecule has 252 valence electrons. The summed E-state index contributed by atoms with van der Waals surface area (Å²) in [6.45, 7) is 1.47. The maximum Gasteiger partial charge on any atom is 0.254 e. The van der Waals surface area contributed by atoms with Gasteiger partial charge in [0.05, 0.1) is 11.5 Å². The Hall–Kier alpha value is -4.67. The number of anilines is 1. The molecule has 0 bridgehead atoms. The number of carbonyl (C=O) groups is 1. The number of nitrogens with one attached hydrogen (secondary N) is 2. The van der Waals surface area contributed by atoms with Crippen molar-refractivity contribution in [1.29, 1.82) is 0 Å². The van der Waals surface area contributed by atoms with Gasteiger partial charge in [0.1, 0.15) is 11.9 Å². The minimum Gasteiger partial charge on any atom is -0.363 e. The molecule has 5 aromatic rings. The first kappa shape index (κ1) is 34.2. The molecular formula is C40H40FN3O4S. The zero-order chi connectivity index (χ0) is 34.1. The van der Waals surface area contributed by atoms with Crippen LogP contribution in [0.5, 0.6) is 0 Å². The lowest BCUT2D eigenvalue weighted by Crippen LogP contribution is -2.53. The van der Waals surface area contributed by atoms with Gasteiger partial charge < -0.3 is 15.4 Å². The monoisotopic (exact) mass is 677 g/mol. The summed E-state index contributed by atoms with van der Waals surface area (Å²) in [5.74, 6) is -1.33. The number of nitrogens with zero attached hydrogens (tertiary/aromatic N) is 1. The molecule has 7 nitrogen and oxygen atoms in total. The van der Waals surface area contributed by atoms with Crippen molar-refractivity contribution in [3.8, 4) is 0 Å². The van der Waals surface area contributed by atoms with Crippen molar-refractivity contribution in [3.63, 3.8) is 0 Å². The number of hydrogen-bond donors (Lipinski definition) is 2. The predicted molar refractivity (Wildman–Crippen MR) is 190 cm³/mol. The third-order valence-corrected chi connectivity index (χ3v) is 10.9. The van der Waals surface area contributed by atoms with E-state index in [0.29, 0.717) is 37.3 Å². The van der Waals surface area contributed by atoms with E-state index in [-0.39, 0.29) is 17.9 Å². The summed E-state index contributed by atoms with van der Waals surface area (Å²) in [6, 6.07) is 41.7. The van der Waals surface area contributed by atoms with E-state index in [1.54, 1.807) is 42.5 Å². The van der Waals surface area contributed by atoms with E-state index < -0.39 is 39.8 Å². The van der Waals surface area contributed by atoms with Crippen molar-refractivity contribution in [2.24, 2.45) is 0 Å². The summed E-state index contributed by atoms with van der Waals surface area (Å²) < 4.78 is 50.7. The van der Waals surface area contributed by atoms with Crippen molar-refractivity contribution in [1.82, 2.24) is 9.62 Å². The summed E-state index contributed by atoms with van der Waals surface area (Å²) in [7, 11) is -3.74. The number of ether oxygens (including phenoxy) is 1. The van der Waals surface area contributed by atoms with Crippen molar-refractivity contribution >= 4 is 21.6 Å². The van der Waals surface area contributed by atoms with Gasteiger partial charge in [0.25, 0.3) is 5.91 Å². The zero-order valence-corrected chi connectivity index (χ0v) is 27.9. The van der Waals surface area contributed by atoms with Crippen LogP contribution >= 0.6 is 0 Å². The van der Waals surface area contributed by atoms with E-state index in [9.17, 15) is 13.2 Å². The quantitative estimate of drug-likeness (QED) is 0.144. The molecule has 1 aliphatic heterocycles. The number of hydrogen-bond acceptors (Lipinski definition) is 5. The number of benzene rings is 5. The van der Waals surface area contributed by atoms with E-state index in [1.807, 2.05) is 91.0 Å². The van der Waals surface area contributed by atoms with E-state index in [4.69, 9.17) is 4.74 Å². The largest absolute Gasteiger partial charge is 0.363 e. The first-order chi connectivity index (χ1) is 23.9. The fourth-order valence-electron chi connectivity index (χ4n) is 6.42. The number of piperazine rings is 1. The molecule has 49 heavy (non-hydrogen) atoms. The van der Waals surface area contributed by atoms with E-state index >= 15 is 4.39 Å². The number of rotatable bonds is 13. The highest BCUT2D eigenvalue weighted by atomic mass is 32.2. The second-order valence-electron chi connectivity index (χ2n) is 12.1. The third kappa shape index (κ3) is 8.32. The third-order valence-electron chi connectivity index (χ3n) is 8.90. The van der Waals surface area contributed by atoms with Crippen LogP contribution < -0.4 is 10.6 Å². The standard InChI is InChI=1S/C40H40FN3O4S/c41-36-22-13-23-37(35(36)25-24-33-28-42-26-27-44(33)49(46,47)34-20-11-4-12-21-34)43-40(45)39(48-29-30-14-5-1-6-15-30)38(31-16-7-2-8-17-31)32-18-9-3-10-19-32/h1-23,33,38-39,42H,24-29H2,(H,43,45). The van der Waals surface area contributed by atoms with Gasteiger partial charge in [-0.25, -0.2) is 12.8 Å². The minimum absolute atomic E-state index is 0.200. The molecule has 0 aromatic heterocycles. The van der Waals surface area contributed by atoms with Crippen LogP contribution in [0.3, 0.4) is 0 Å². The molecule has 0 spiro atoms. The fraction of sp³-hybridized carbons (Fsp3) is 0.225. The van der Waals surface area contributed by atoms with Crippen LogP contribution in [0, 0.1) is 5.82 Å². The highest BCUT2D eigenvalue weighted by Crippen LogP contribution is 2.32. The Kier molecular flexibility index (Phi) is 11.3. The van der Waals surface area contributed by atoms with Gasteiger partial charge in [-0.3, -0.25) is 4.79 Å². The molecule has 1 fully saturated rings. The zero-order valence-electron chi connectivity index (χ0n) is 27.1. The fourth-order valence-corrected chi connectivity index (χ4v) is 8.10. The average molecular weight is 678 g/mol. The summed E-state index contributed by atoms with van der Waals surface area (Å²) in [6.07, 6.45) is -0.394. The predicted octanol–water partition coefficient (Wildman–Crippen LogP) is 6.78. The van der Waals surface area contributed by atoms with Gasteiger partial charge >= 0.3 is 0 Å². The Labute approximate surface area is 287 Å². The Morgan fingerprint density at radius 2 is 1.41 bits per heavy atom. The van der Waals surface area contributed by atoms with Gasteiger partial charge in [-0.05, 0) is 53.8 Å². The Balaban J connectivity index is 1.27. The molecule has 5 aromatic carbocycles. The van der Waals surface area contributed by atoms with Gasteiger partial charge in [-0.1, -0.05) is 115 Å². The molecule has 0 aliphatic carbocycles. The normalized spacial score (nSPS) is 15.9. The van der Waals surface area contributed by atoms with Crippen LogP contribution in [0.4, 0.5) is 10.1 Å². The molecule has 1 saturated heterocycles. The van der Waals surface area contributed by atoms with Crippen molar-refractivity contribution in [2.45, 2.75) is 42.4 Å². The first-order valence-corrected chi connectivity index (χ1v) is 18.0. The van der Waals surface area contributed by atoms with Crippen LogP contribution in [0.15, 0.2) is 144 Å². The van der Waals surface area contributed by atoms with Gasteiger partial charge in [0, 0.05) is 42.8 Å². The average Bonchev–Trinajstić information content (AvgIpc) is 3.14. The van der Waals surface area contributed by atoms with Crippen LogP contribution in [-0.4, -0.2) is 50.4 Å². The maximum atomic E-state index is 15.6. The van der Waals surface area contributed by atoms with Crippen LogP contribution in [0.2, 0.25) is 0 Å². The molecule has 0 saturated carbocycles. The maximum absolute atomic E-state index is 15.6. The second kappa shape index (κ2) is 16.2. The Morgan fingerprint density at radius 1 is 0.816 bits per heavy atom. The molecule has 9 heteroatoms. The summed E-state index contributed by atoms with van der Waals surface area (Å²) in [5.41, 5.74) is 3.38. The van der Waals surface area contributed by atoms with Gasteiger partial charge in [0.15, 0.2) is 0 Å². The number of sulfonamides is 1. The molecule has 1 amide bonds. The molecule has 2 atom stereocenters. The van der Waals surface area contributed by atoms with Crippen LogP contribution in [-0.2, 0) is 32.6 Å². The molecule has 1 heterocycles. The molecular weight excluding hydrogens is 638 g/mol. The van der Waals surface area contributed by atoms with Crippen LogP contribution in [0.25, 0.3) is 0 Å². The molecule has 0 radical (unpaired) electrons. The SMILES string of the molecule is O=C(Nc1cccc(F)c1CCC1CNCCN1S(=O)(=O)c1ccccc1)C(OCc1ccccc1)C(c1ccccc1)c1ccccc1. The smallest absolute Gasteiger partial charge is 0.254 e. The van der Waals surface area contributed by atoms with Gasteiger partial charge in [0.2, 0.25) is 10.0 Å². The summed E-state index contributed by atoms with van der Waals surface area (Å²) in [5, 5.41) is 6.30. The van der Waals surface area contributed by atoms with E-state index in [0.717, 1.165) is 16.7 Å². The van der Waals surface area contributed by atoms with Crippen molar-refractivity contribution < 1.29 is 22.3 Å². The summed E-state index contributed by atoms with van der Waals surface area (Å²) in [4.78, 5) is 14.6. The van der Waals surface area contributed by atoms with Crippen molar-refractivity contribution in [2.75, 3.05) is 25.0 Å². The van der Waals surface area contributed by atoms with Gasteiger partial charge in [-0.2, -0.15) is 4.31 Å². The minimum atomic E-state index is -3.74. The van der Waals surface area contributed by atoms with Gasteiger partial charge in [-0.15, -0.1) is 0 Å². The van der Waals surface area contributed by atoms with Crippen LogP contribution in [0.1, 0.15) is 34.6 Å². The van der Waals surface area contributed by atoms with E-state index in [1.165, 1.54) is 10.4 Å². The highest BCUT2D eigenvalue weighted by Gasteiger charge is 2.35. The lowest BCUT2D eigenvalue weighted by atomic mass is 9.86. The molecule has 6 rings (SSSR count). The Bertz CT molecular complexity index is 1870. The van der Waals surface area contributed by atoms with E-state index in [2.05, 4.69) is 10.6 Å². The summed E-state index contributed by atoms with van der Waals surface area (Å²) >= 11 is 0. The Morgan fingerprint density at radius 3 is 2.04 bits per heavy atom. The highest BCUT2D eigenvalue weighted by molar-refractivity contribution is 7.89. The molecule has 2 N–H and O–H groups in total. The van der Waals surface area contributed by atoms with Crippen molar-refractivity contribution in [3.05, 3.63) is 168 Å². The number of carbonyl (C=O) groups excluding carboxylic acids is 1. The topological polar surface area (TPSA) is 87.7 Å². The number of halogens is 1. The number of amides is 1. The molecule has 1 aliphatic rings. The molecule has 2 unspecified atom stereocenters. The second-order valence-corrected chi connectivity index (χ2v) is 14.0. The lowest BCUT2D eigenvalue weighted by molar-refractivity contribution is -0.129.